The number of thioether (sulfide) groups is 1. The van der Waals surface area contributed by atoms with E-state index in [-0.39, 0.29) is 0 Å². The molecule has 0 bridgehead atoms. The van der Waals surface area contributed by atoms with Crippen LogP contribution in [0.2, 0.25) is 0 Å². The zero-order chi connectivity index (χ0) is 9.56. The maximum absolute atomic E-state index is 10.9. The second kappa shape index (κ2) is 5.88. The Bertz CT molecular complexity index is 172. The summed E-state index contributed by atoms with van der Waals surface area (Å²) in [6.45, 7) is 0. The highest BCUT2D eigenvalue weighted by molar-refractivity contribution is 7.98. The molecule has 12 heavy (non-hydrogen) atoms. The molecule has 0 aromatic rings. The molecule has 1 amide bonds. The summed E-state index contributed by atoms with van der Waals surface area (Å²) >= 11 is 1.56. The van der Waals surface area contributed by atoms with E-state index in [1.807, 2.05) is 6.26 Å². The Labute approximate surface area is 75.8 Å². The molecule has 0 saturated carbocycles. The number of primary amides is 1. The highest BCUT2D eigenvalue weighted by Crippen LogP contribution is 2.08. The van der Waals surface area contributed by atoms with E-state index in [1.165, 1.54) is 7.11 Å². The summed E-state index contributed by atoms with van der Waals surface area (Å²) in [5.74, 6) is -1.22. The molecule has 0 saturated heterocycles. The Morgan fingerprint density at radius 1 is 1.58 bits per heavy atom. The van der Waals surface area contributed by atoms with Crippen molar-refractivity contribution in [2.75, 3.05) is 19.1 Å². The van der Waals surface area contributed by atoms with E-state index < -0.39 is 17.8 Å². The van der Waals surface area contributed by atoms with Crippen LogP contribution in [0, 0.1) is 5.92 Å². The van der Waals surface area contributed by atoms with E-state index in [2.05, 4.69) is 4.74 Å². The highest BCUT2D eigenvalue weighted by atomic mass is 32.2. The number of carbonyl (C=O) groups is 2. The third-order valence-corrected chi connectivity index (χ3v) is 2.08. The van der Waals surface area contributed by atoms with Crippen LogP contribution in [0.25, 0.3) is 0 Å². The van der Waals surface area contributed by atoms with Crippen LogP contribution in [-0.4, -0.2) is 31.0 Å². The first-order valence-corrected chi connectivity index (χ1v) is 4.89. The Morgan fingerprint density at radius 2 is 2.17 bits per heavy atom. The summed E-state index contributed by atoms with van der Waals surface area (Å²) in [7, 11) is 1.25. The van der Waals surface area contributed by atoms with Crippen molar-refractivity contribution in [3.8, 4) is 0 Å². The molecule has 2 N–H and O–H groups in total. The first-order chi connectivity index (χ1) is 5.63. The van der Waals surface area contributed by atoms with Gasteiger partial charge in [0.25, 0.3) is 0 Å². The number of nitrogens with two attached hydrogens (primary N) is 1. The van der Waals surface area contributed by atoms with Crippen molar-refractivity contribution in [1.82, 2.24) is 0 Å². The van der Waals surface area contributed by atoms with E-state index in [9.17, 15) is 9.59 Å². The van der Waals surface area contributed by atoms with Gasteiger partial charge in [-0.2, -0.15) is 11.8 Å². The first-order valence-electron chi connectivity index (χ1n) is 3.49. The van der Waals surface area contributed by atoms with Crippen LogP contribution in [0.15, 0.2) is 0 Å². The van der Waals surface area contributed by atoms with Gasteiger partial charge in [-0.1, -0.05) is 0 Å². The van der Waals surface area contributed by atoms with Gasteiger partial charge in [0.15, 0.2) is 0 Å². The van der Waals surface area contributed by atoms with Crippen molar-refractivity contribution in [3.63, 3.8) is 0 Å². The summed E-state index contributed by atoms with van der Waals surface area (Å²) in [5.41, 5.74) is 5.00. The number of hydrogen-bond acceptors (Lipinski definition) is 4. The van der Waals surface area contributed by atoms with Crippen molar-refractivity contribution in [1.29, 1.82) is 0 Å². The first kappa shape index (κ1) is 11.3. The van der Waals surface area contributed by atoms with Gasteiger partial charge < -0.3 is 10.5 Å². The Balaban J connectivity index is 4.04. The number of carbonyl (C=O) groups excluding carboxylic acids is 2. The zero-order valence-electron chi connectivity index (χ0n) is 7.20. The van der Waals surface area contributed by atoms with Crippen molar-refractivity contribution < 1.29 is 14.3 Å². The fourth-order valence-corrected chi connectivity index (χ4v) is 1.23. The quantitative estimate of drug-likeness (QED) is 0.491. The SMILES string of the molecule is COC(=O)C(CCSC)C(N)=O. The molecule has 0 spiro atoms. The van der Waals surface area contributed by atoms with Gasteiger partial charge in [0.2, 0.25) is 5.91 Å². The van der Waals surface area contributed by atoms with E-state index in [0.717, 1.165) is 5.75 Å². The van der Waals surface area contributed by atoms with Crippen molar-refractivity contribution in [2.45, 2.75) is 6.42 Å². The molecule has 0 aliphatic rings. The maximum Gasteiger partial charge on any atom is 0.318 e. The third-order valence-electron chi connectivity index (χ3n) is 1.44. The van der Waals surface area contributed by atoms with Crippen LogP contribution in [0.5, 0.6) is 0 Å². The molecule has 0 fully saturated rings. The second-order valence-corrected chi connectivity index (χ2v) is 3.25. The van der Waals surface area contributed by atoms with Gasteiger partial charge in [-0.05, 0) is 18.4 Å². The Morgan fingerprint density at radius 3 is 2.50 bits per heavy atom. The smallest absolute Gasteiger partial charge is 0.318 e. The van der Waals surface area contributed by atoms with Crippen LogP contribution < -0.4 is 5.73 Å². The largest absolute Gasteiger partial charge is 0.468 e. The van der Waals surface area contributed by atoms with E-state index >= 15 is 0 Å². The Kier molecular flexibility index (Phi) is 5.53. The molecule has 1 atom stereocenters. The van der Waals surface area contributed by atoms with Gasteiger partial charge >= 0.3 is 5.97 Å². The zero-order valence-corrected chi connectivity index (χ0v) is 8.02. The minimum atomic E-state index is -0.789. The van der Waals surface area contributed by atoms with Crippen molar-refractivity contribution >= 4 is 23.6 Å². The van der Waals surface area contributed by atoms with Crippen LogP contribution in [0.4, 0.5) is 0 Å². The van der Waals surface area contributed by atoms with E-state index in [1.54, 1.807) is 11.8 Å². The molecule has 0 rings (SSSR count). The topological polar surface area (TPSA) is 69.4 Å². The molecule has 0 radical (unpaired) electrons. The third kappa shape index (κ3) is 3.61. The normalized spacial score (nSPS) is 12.2. The number of esters is 1. The summed E-state index contributed by atoms with van der Waals surface area (Å²) in [6, 6.07) is 0. The molecule has 5 heteroatoms. The van der Waals surface area contributed by atoms with Crippen LogP contribution in [-0.2, 0) is 14.3 Å². The molecular weight excluding hydrogens is 178 g/mol. The number of rotatable bonds is 5. The minimum Gasteiger partial charge on any atom is -0.468 e. The lowest BCUT2D eigenvalue weighted by molar-refractivity contribution is -0.149. The van der Waals surface area contributed by atoms with Gasteiger partial charge in [0.1, 0.15) is 5.92 Å². The number of amides is 1. The van der Waals surface area contributed by atoms with E-state index in [0.29, 0.717) is 6.42 Å². The second-order valence-electron chi connectivity index (χ2n) is 2.26. The molecular formula is C7H13NO3S. The maximum atomic E-state index is 10.9. The van der Waals surface area contributed by atoms with Gasteiger partial charge in [0.05, 0.1) is 7.11 Å². The van der Waals surface area contributed by atoms with Gasteiger partial charge in [-0.25, -0.2) is 0 Å². The number of methoxy groups -OCH3 is 1. The Hall–Kier alpha value is -0.710. The molecule has 70 valence electrons. The van der Waals surface area contributed by atoms with E-state index in [4.69, 9.17) is 5.73 Å². The molecule has 4 nitrogen and oxygen atoms in total. The molecule has 0 aromatic carbocycles. The number of ether oxygens (including phenoxy) is 1. The summed E-state index contributed by atoms with van der Waals surface area (Å²) in [5, 5.41) is 0. The van der Waals surface area contributed by atoms with Crippen molar-refractivity contribution in [3.05, 3.63) is 0 Å². The fraction of sp³-hybridized carbons (Fsp3) is 0.714. The monoisotopic (exact) mass is 191 g/mol. The average Bonchev–Trinajstić information content (AvgIpc) is 2.04. The lowest BCUT2D eigenvalue weighted by atomic mass is 10.1. The number of hydrogen-bond donors (Lipinski definition) is 1. The molecule has 0 aromatic heterocycles. The molecule has 0 aliphatic carbocycles. The van der Waals surface area contributed by atoms with Gasteiger partial charge in [-0.15, -0.1) is 0 Å². The molecule has 0 heterocycles. The van der Waals surface area contributed by atoms with Gasteiger partial charge in [0, 0.05) is 0 Å². The standard InChI is InChI=1S/C7H13NO3S/c1-11-7(10)5(6(8)9)3-4-12-2/h5H,3-4H2,1-2H3,(H2,8,9). The van der Waals surface area contributed by atoms with Crippen molar-refractivity contribution in [2.24, 2.45) is 11.7 Å². The summed E-state index contributed by atoms with van der Waals surface area (Å²) in [6.07, 6.45) is 2.35. The highest BCUT2D eigenvalue weighted by Gasteiger charge is 2.24. The summed E-state index contributed by atoms with van der Waals surface area (Å²) in [4.78, 5) is 21.6. The predicted molar refractivity (Wildman–Crippen MR) is 47.7 cm³/mol. The van der Waals surface area contributed by atoms with Crippen LogP contribution >= 0.6 is 11.8 Å². The average molecular weight is 191 g/mol. The fourth-order valence-electron chi connectivity index (χ4n) is 0.754. The van der Waals surface area contributed by atoms with Crippen LogP contribution in [0.1, 0.15) is 6.42 Å². The molecule has 1 unspecified atom stereocenters. The lowest BCUT2D eigenvalue weighted by Gasteiger charge is -2.08. The predicted octanol–water partition coefficient (Wildman–Crippen LogP) is 0.0140. The molecule has 0 aliphatic heterocycles. The summed E-state index contributed by atoms with van der Waals surface area (Å²) < 4.78 is 4.42. The minimum absolute atomic E-state index is 0.448. The lowest BCUT2D eigenvalue weighted by Crippen LogP contribution is -2.31. The van der Waals surface area contributed by atoms with Crippen LogP contribution in [0.3, 0.4) is 0 Å². The van der Waals surface area contributed by atoms with Gasteiger partial charge in [-0.3, -0.25) is 9.59 Å².